The maximum Gasteiger partial charge on any atom is 0.328 e. The second-order valence-electron chi connectivity index (χ2n) is 7.64. The minimum atomic E-state index is -1.51. The monoisotopic (exact) mass is 444 g/mol. The molecule has 6 heteroatoms. The molecular formula is C27H28N2O4. The Balaban J connectivity index is 0.000000414. The van der Waals surface area contributed by atoms with E-state index >= 15 is 0 Å². The van der Waals surface area contributed by atoms with Crippen molar-refractivity contribution < 1.29 is 24.7 Å². The zero-order valence-electron chi connectivity index (χ0n) is 18.6. The van der Waals surface area contributed by atoms with E-state index in [0.29, 0.717) is 18.6 Å². The van der Waals surface area contributed by atoms with Crippen LogP contribution in [0.15, 0.2) is 96.7 Å². The van der Waals surface area contributed by atoms with Crippen molar-refractivity contribution in [2.45, 2.75) is 31.7 Å². The molecule has 0 bridgehead atoms. The topological polar surface area (TPSA) is 106 Å². The highest BCUT2D eigenvalue weighted by Crippen LogP contribution is 2.31. The molecule has 1 aliphatic heterocycles. The average Bonchev–Trinajstić information content (AvgIpc) is 2.82. The molecule has 1 unspecified atom stereocenters. The Labute approximate surface area is 194 Å². The number of quaternary nitrogens is 1. The third kappa shape index (κ3) is 7.30. The summed E-state index contributed by atoms with van der Waals surface area (Å²) in [5.74, 6) is -2.80. The molecule has 170 valence electrons. The number of carbonyl (C=O) groups excluding carboxylic acids is 1. The van der Waals surface area contributed by atoms with Gasteiger partial charge in [0.1, 0.15) is 0 Å². The van der Waals surface area contributed by atoms with Crippen molar-refractivity contribution in [1.29, 1.82) is 5.26 Å². The molecule has 6 nitrogen and oxygen atoms in total. The van der Waals surface area contributed by atoms with Crippen LogP contribution in [0.25, 0.3) is 0 Å². The number of aliphatic carboxylic acids is 2. The fraction of sp³-hybridized carbons (Fsp3) is 0.222. The Morgan fingerprint density at radius 1 is 1.03 bits per heavy atom. The van der Waals surface area contributed by atoms with Crippen LogP contribution in [0.3, 0.4) is 0 Å². The molecule has 2 aromatic carbocycles. The molecule has 0 amide bonds. The number of allylic oxidation sites excluding steroid dienone is 2. The van der Waals surface area contributed by atoms with Gasteiger partial charge in [-0.3, -0.25) is 4.90 Å². The van der Waals surface area contributed by atoms with Crippen LogP contribution in [-0.4, -0.2) is 23.6 Å². The number of nitrogens with zero attached hydrogens (tertiary/aromatic N) is 1. The Hall–Kier alpha value is -3.95. The quantitative estimate of drug-likeness (QED) is 0.480. The van der Waals surface area contributed by atoms with E-state index in [0.717, 1.165) is 19.4 Å². The largest absolute Gasteiger partial charge is 0.545 e. The van der Waals surface area contributed by atoms with Crippen molar-refractivity contribution in [3.8, 4) is 6.07 Å². The minimum absolute atomic E-state index is 0.214. The molecule has 1 aliphatic rings. The molecular weight excluding hydrogens is 416 g/mol. The number of carboxylic acid groups (broad SMARTS) is 2. The molecule has 0 radical (unpaired) electrons. The van der Waals surface area contributed by atoms with Gasteiger partial charge in [-0.2, -0.15) is 5.26 Å². The average molecular weight is 445 g/mol. The SMILES string of the molecule is CC1=CC(c2ccccc2)(c2ccccc2)[NH+](CCCCC#N)C=C1.O=C([O-])/C=C/C(=O)O. The fourth-order valence-electron chi connectivity index (χ4n) is 3.89. The summed E-state index contributed by atoms with van der Waals surface area (Å²) in [5, 5.41) is 26.0. The molecule has 3 rings (SSSR count). The number of hydrogen-bond acceptors (Lipinski definition) is 4. The van der Waals surface area contributed by atoms with Gasteiger partial charge in [-0.25, -0.2) is 4.79 Å². The zero-order valence-corrected chi connectivity index (χ0v) is 18.6. The molecule has 0 aliphatic carbocycles. The van der Waals surface area contributed by atoms with Crippen LogP contribution in [0.1, 0.15) is 37.3 Å². The summed E-state index contributed by atoms with van der Waals surface area (Å²) < 4.78 is 0. The predicted octanol–water partition coefficient (Wildman–Crippen LogP) is 2.36. The van der Waals surface area contributed by atoms with Crippen molar-refractivity contribution in [2.24, 2.45) is 0 Å². The van der Waals surface area contributed by atoms with Crippen LogP contribution in [0.5, 0.6) is 0 Å². The fourth-order valence-corrected chi connectivity index (χ4v) is 3.89. The lowest BCUT2D eigenvalue weighted by Gasteiger charge is -2.40. The number of nitriles is 1. The number of nitrogens with one attached hydrogen (secondary N) is 1. The van der Waals surface area contributed by atoms with Gasteiger partial charge in [-0.15, -0.1) is 0 Å². The third-order valence-electron chi connectivity index (χ3n) is 5.30. The lowest BCUT2D eigenvalue weighted by Crippen LogP contribution is -3.15. The first-order chi connectivity index (χ1) is 15.9. The molecule has 0 saturated carbocycles. The third-order valence-corrected chi connectivity index (χ3v) is 5.30. The standard InChI is InChI=1S/C23H24N2.C4H4O4/c1-20-15-18-25(17-10-4-9-16-24)23(19-20,21-11-5-2-6-12-21)22-13-7-3-8-14-22;5-3(6)1-2-4(7)8/h2-3,5-8,11-15,18-19H,4,9-10,17H2,1H3;1-2H,(H,5,6)(H,7,8)/b;2-1+. The first kappa shape index (κ1) is 25.3. The molecule has 33 heavy (non-hydrogen) atoms. The van der Waals surface area contributed by atoms with Crippen molar-refractivity contribution in [3.05, 3.63) is 108 Å². The number of hydrogen-bond donors (Lipinski definition) is 2. The van der Waals surface area contributed by atoms with Gasteiger partial charge in [0.15, 0.2) is 5.54 Å². The Bertz CT molecular complexity index is 995. The molecule has 1 atom stereocenters. The van der Waals surface area contributed by atoms with Crippen LogP contribution < -0.4 is 10.0 Å². The van der Waals surface area contributed by atoms with E-state index in [2.05, 4.69) is 92.0 Å². The van der Waals surface area contributed by atoms with Gasteiger partial charge in [0, 0.05) is 23.6 Å². The molecule has 1 heterocycles. The van der Waals surface area contributed by atoms with Gasteiger partial charge >= 0.3 is 5.97 Å². The Morgan fingerprint density at radius 3 is 2.06 bits per heavy atom. The summed E-state index contributed by atoms with van der Waals surface area (Å²) in [5.41, 5.74) is 3.68. The minimum Gasteiger partial charge on any atom is -0.545 e. The molecule has 0 aromatic heterocycles. The molecule has 0 fully saturated rings. The van der Waals surface area contributed by atoms with Gasteiger partial charge in [-0.1, -0.05) is 60.7 Å². The van der Waals surface area contributed by atoms with Crippen molar-refractivity contribution in [3.63, 3.8) is 0 Å². The second kappa shape index (κ2) is 12.8. The number of carbonyl (C=O) groups is 2. The molecule has 2 aromatic rings. The van der Waals surface area contributed by atoms with Gasteiger partial charge in [-0.05, 0) is 43.6 Å². The highest BCUT2D eigenvalue weighted by molar-refractivity contribution is 5.88. The van der Waals surface area contributed by atoms with Gasteiger partial charge < -0.3 is 15.0 Å². The molecule has 2 N–H and O–H groups in total. The van der Waals surface area contributed by atoms with E-state index in [1.54, 1.807) is 0 Å². The van der Waals surface area contributed by atoms with Crippen molar-refractivity contribution in [1.82, 2.24) is 0 Å². The van der Waals surface area contributed by atoms with Crippen LogP contribution in [-0.2, 0) is 15.1 Å². The number of rotatable bonds is 8. The summed E-state index contributed by atoms with van der Waals surface area (Å²) in [6, 6.07) is 23.8. The van der Waals surface area contributed by atoms with E-state index in [4.69, 9.17) is 10.4 Å². The number of carboxylic acids is 2. The maximum absolute atomic E-state index is 9.53. The Morgan fingerprint density at radius 2 is 1.61 bits per heavy atom. The lowest BCUT2D eigenvalue weighted by atomic mass is 9.78. The molecule has 0 saturated heterocycles. The summed E-state index contributed by atoms with van der Waals surface area (Å²) in [4.78, 5) is 20.4. The Kier molecular flexibility index (Phi) is 9.81. The summed E-state index contributed by atoms with van der Waals surface area (Å²) in [7, 11) is 0. The van der Waals surface area contributed by atoms with Crippen molar-refractivity contribution in [2.75, 3.05) is 6.54 Å². The number of benzene rings is 2. The second-order valence-corrected chi connectivity index (χ2v) is 7.64. The lowest BCUT2D eigenvalue weighted by molar-refractivity contribution is -0.898. The van der Waals surface area contributed by atoms with E-state index < -0.39 is 11.9 Å². The summed E-state index contributed by atoms with van der Waals surface area (Å²) >= 11 is 0. The zero-order chi connectivity index (χ0) is 24.1. The van der Waals surface area contributed by atoms with E-state index in [-0.39, 0.29) is 5.54 Å². The highest BCUT2D eigenvalue weighted by atomic mass is 16.4. The van der Waals surface area contributed by atoms with Crippen LogP contribution in [0.2, 0.25) is 0 Å². The van der Waals surface area contributed by atoms with E-state index in [1.807, 2.05) is 0 Å². The van der Waals surface area contributed by atoms with E-state index in [1.165, 1.54) is 21.6 Å². The van der Waals surface area contributed by atoms with E-state index in [9.17, 15) is 14.7 Å². The number of unbranched alkanes of at least 4 members (excludes halogenated alkanes) is 2. The van der Waals surface area contributed by atoms with Gasteiger partial charge in [0.05, 0.1) is 24.8 Å². The maximum atomic E-state index is 9.53. The van der Waals surface area contributed by atoms with Crippen LogP contribution >= 0.6 is 0 Å². The summed E-state index contributed by atoms with van der Waals surface area (Å²) in [6.07, 6.45) is 10.5. The predicted molar refractivity (Wildman–Crippen MR) is 124 cm³/mol. The first-order valence-corrected chi connectivity index (χ1v) is 10.7. The highest BCUT2D eigenvalue weighted by Gasteiger charge is 2.42. The van der Waals surface area contributed by atoms with Crippen LogP contribution in [0, 0.1) is 11.3 Å². The van der Waals surface area contributed by atoms with Crippen LogP contribution in [0.4, 0.5) is 0 Å². The van der Waals surface area contributed by atoms with Gasteiger partial charge in [0.2, 0.25) is 0 Å². The summed E-state index contributed by atoms with van der Waals surface area (Å²) in [6.45, 7) is 3.18. The van der Waals surface area contributed by atoms with Crippen molar-refractivity contribution >= 4 is 11.9 Å². The smallest absolute Gasteiger partial charge is 0.328 e. The molecule has 0 spiro atoms. The first-order valence-electron chi connectivity index (χ1n) is 10.7. The normalized spacial score (nSPS) is 16.2. The van der Waals surface area contributed by atoms with Gasteiger partial charge in [0.25, 0.3) is 0 Å².